The Kier molecular flexibility index (Phi) is 3.62. The van der Waals surface area contributed by atoms with Crippen molar-refractivity contribution < 1.29 is 24.2 Å². The van der Waals surface area contributed by atoms with Crippen molar-refractivity contribution in [2.24, 2.45) is 0 Å². The van der Waals surface area contributed by atoms with Crippen molar-refractivity contribution in [3.05, 3.63) is 12.2 Å². The van der Waals surface area contributed by atoms with E-state index in [-0.39, 0.29) is 5.57 Å². The summed E-state index contributed by atoms with van der Waals surface area (Å²) >= 11 is 0. The first kappa shape index (κ1) is 10.5. The molecule has 11 heavy (non-hydrogen) atoms. The van der Waals surface area contributed by atoms with Gasteiger partial charge in [-0.05, 0) is 0 Å². The Bertz CT molecular complexity index is 170. The van der Waals surface area contributed by atoms with Gasteiger partial charge in [0.2, 0.25) is 0 Å². The van der Waals surface area contributed by atoms with Crippen molar-refractivity contribution in [2.75, 3.05) is 6.35 Å². The number of rotatable bonds is 3. The molecule has 3 N–H and O–H groups in total. The van der Waals surface area contributed by atoms with Crippen molar-refractivity contribution >= 4 is 13.9 Å². The van der Waals surface area contributed by atoms with Crippen LogP contribution < -0.4 is 0 Å². The van der Waals surface area contributed by atoms with Crippen LogP contribution in [0.15, 0.2) is 12.2 Å². The molecule has 0 saturated heterocycles. The number of hydrogen-bond donors (Lipinski definition) is 3. The summed E-state index contributed by atoms with van der Waals surface area (Å²) in [5.74, 6) is -0.751. The second-order valence-electron chi connectivity index (χ2n) is 2.13. The normalized spacial score (nSPS) is 12.4. The van der Waals surface area contributed by atoms with E-state index in [0.29, 0.717) is 0 Å². The first-order valence-electron chi connectivity index (χ1n) is 2.82. The zero-order chi connectivity index (χ0) is 9.07. The van der Waals surface area contributed by atoms with Gasteiger partial charge in [0, 0.05) is 0 Å². The molecule has 0 aromatic carbocycles. The molecule has 0 aliphatic carbocycles. The number of hydrogen-bond acceptors (Lipinski definition) is 5. The molecule has 0 aromatic rings. The van der Waals surface area contributed by atoms with Gasteiger partial charge in [-0.15, -0.1) is 0 Å². The van der Waals surface area contributed by atoms with E-state index in [1.165, 1.54) is 6.92 Å². The molecule has 0 fully saturated rings. The van der Waals surface area contributed by atoms with E-state index in [9.17, 15) is 4.79 Å². The molecule has 5 nitrogen and oxygen atoms in total. The average Bonchev–Trinajstić information content (AvgIpc) is 1.80. The van der Waals surface area contributed by atoms with Crippen LogP contribution in [0, 0.1) is 0 Å². The van der Waals surface area contributed by atoms with E-state index in [0.717, 1.165) is 0 Å². The maximum atomic E-state index is 10.6. The van der Waals surface area contributed by atoms with Gasteiger partial charge in [0.05, 0.1) is 0 Å². The second kappa shape index (κ2) is 3.78. The summed E-state index contributed by atoms with van der Waals surface area (Å²) in [4.78, 5) is 35.7. The van der Waals surface area contributed by atoms with Gasteiger partial charge in [0.15, 0.2) is 0 Å². The van der Waals surface area contributed by atoms with Crippen molar-refractivity contribution in [1.29, 1.82) is 0 Å². The second-order valence-corrected chi connectivity index (χ2v) is 3.97. The van der Waals surface area contributed by atoms with Crippen LogP contribution in [0.25, 0.3) is 0 Å². The summed E-state index contributed by atoms with van der Waals surface area (Å²) in [6, 6.07) is 0. The first-order valence-corrected chi connectivity index (χ1v) is 4.87. The SMILES string of the molecule is C=C(C)C(=O)OC[PH](O)(O)O. The zero-order valence-corrected chi connectivity index (χ0v) is 7.07. The van der Waals surface area contributed by atoms with Crippen molar-refractivity contribution in [3.8, 4) is 0 Å². The molecule has 0 bridgehead atoms. The molecule has 0 amide bonds. The van der Waals surface area contributed by atoms with E-state index >= 15 is 0 Å². The molecule has 6 heteroatoms. The van der Waals surface area contributed by atoms with Gasteiger partial charge in [-0.3, -0.25) is 0 Å². The van der Waals surface area contributed by atoms with Crippen molar-refractivity contribution in [3.63, 3.8) is 0 Å². The summed E-state index contributed by atoms with van der Waals surface area (Å²) in [5, 5.41) is 0. The van der Waals surface area contributed by atoms with Gasteiger partial charge in [-0.25, -0.2) is 0 Å². The Morgan fingerprint density at radius 2 is 2.00 bits per heavy atom. The fourth-order valence-corrected chi connectivity index (χ4v) is 0.610. The van der Waals surface area contributed by atoms with E-state index in [1.807, 2.05) is 0 Å². The molecule has 0 radical (unpaired) electrons. The molecule has 66 valence electrons. The van der Waals surface area contributed by atoms with E-state index in [4.69, 9.17) is 14.7 Å². The third kappa shape index (κ3) is 5.94. The van der Waals surface area contributed by atoms with Crippen LogP contribution >= 0.6 is 7.94 Å². The van der Waals surface area contributed by atoms with Crippen LogP contribution in [0.1, 0.15) is 6.92 Å². The predicted molar refractivity (Wildman–Crippen MR) is 40.7 cm³/mol. The number of carbonyl (C=O) groups is 1. The third-order valence-corrected chi connectivity index (χ3v) is 1.28. The van der Waals surface area contributed by atoms with Gasteiger partial charge in [0.25, 0.3) is 0 Å². The summed E-state index contributed by atoms with van der Waals surface area (Å²) in [6.45, 7) is 4.67. The third-order valence-electron chi connectivity index (χ3n) is 0.745. The molecule has 0 aliphatic rings. The quantitative estimate of drug-likeness (QED) is 0.312. The molecular weight excluding hydrogens is 171 g/mol. The van der Waals surface area contributed by atoms with Crippen molar-refractivity contribution in [1.82, 2.24) is 0 Å². The average molecular weight is 182 g/mol. The minimum absolute atomic E-state index is 0.142. The molecule has 0 unspecified atom stereocenters. The standard InChI is InChI=1S/C5H11O5P/c1-4(2)5(6)10-3-11(7,8)9/h7-9,11H,1,3H2,2H3. The van der Waals surface area contributed by atoms with Gasteiger partial charge in [-0.1, -0.05) is 0 Å². The molecule has 0 atom stereocenters. The number of esters is 1. The summed E-state index contributed by atoms with van der Waals surface area (Å²) < 4.78 is 4.24. The van der Waals surface area contributed by atoms with Crippen molar-refractivity contribution in [2.45, 2.75) is 6.92 Å². The molecule has 0 aliphatic heterocycles. The Labute approximate surface area is 64.5 Å². The summed E-state index contributed by atoms with van der Waals surface area (Å²) in [7, 11) is -4.25. The van der Waals surface area contributed by atoms with Crippen LogP contribution in [0.3, 0.4) is 0 Å². The Balaban J connectivity index is 3.73. The molecule has 0 aromatic heterocycles. The fourth-order valence-electron chi connectivity index (χ4n) is 0.286. The molecular formula is C5H11O5P. The maximum absolute atomic E-state index is 10.6. The van der Waals surface area contributed by atoms with Gasteiger partial charge < -0.3 is 0 Å². The van der Waals surface area contributed by atoms with Crippen LogP contribution in [0.4, 0.5) is 0 Å². The first-order chi connectivity index (χ1) is 4.83. The van der Waals surface area contributed by atoms with Crippen LogP contribution in [-0.2, 0) is 9.53 Å². The summed E-state index contributed by atoms with van der Waals surface area (Å²) in [5.41, 5.74) is 0.142. The molecule has 0 heterocycles. The van der Waals surface area contributed by atoms with Gasteiger partial charge in [-0.2, -0.15) is 0 Å². The van der Waals surface area contributed by atoms with Gasteiger partial charge in [0.1, 0.15) is 0 Å². The van der Waals surface area contributed by atoms with E-state index < -0.39 is 20.3 Å². The predicted octanol–water partition coefficient (Wildman–Crippen LogP) is -0.465. The zero-order valence-electron chi connectivity index (χ0n) is 6.07. The minimum atomic E-state index is -4.25. The fraction of sp³-hybridized carbons (Fsp3) is 0.400. The van der Waals surface area contributed by atoms with Crippen LogP contribution in [-0.4, -0.2) is 27.0 Å². The topological polar surface area (TPSA) is 87.0 Å². The summed E-state index contributed by atoms with van der Waals surface area (Å²) in [6.07, 6.45) is -0.751. The van der Waals surface area contributed by atoms with E-state index in [2.05, 4.69) is 11.3 Å². The molecule has 0 spiro atoms. The van der Waals surface area contributed by atoms with Gasteiger partial charge >= 0.3 is 63.5 Å². The number of carbonyl (C=O) groups excluding carboxylic acids is 1. The molecule has 0 saturated carbocycles. The Morgan fingerprint density at radius 3 is 2.27 bits per heavy atom. The van der Waals surface area contributed by atoms with E-state index in [1.54, 1.807) is 0 Å². The van der Waals surface area contributed by atoms with Crippen LogP contribution in [0.2, 0.25) is 0 Å². The Hall–Kier alpha value is -0.480. The number of ether oxygens (including phenoxy) is 1. The monoisotopic (exact) mass is 182 g/mol. The van der Waals surface area contributed by atoms with Crippen LogP contribution in [0.5, 0.6) is 0 Å². The molecule has 0 rings (SSSR count). The Morgan fingerprint density at radius 1 is 1.55 bits per heavy atom.